The summed E-state index contributed by atoms with van der Waals surface area (Å²) in [5.74, 6) is 1.02. The van der Waals surface area contributed by atoms with Gasteiger partial charge in [-0.1, -0.05) is 29.8 Å². The van der Waals surface area contributed by atoms with Crippen LogP contribution in [0.25, 0.3) is 0 Å². The van der Waals surface area contributed by atoms with E-state index in [1.807, 2.05) is 6.92 Å². The predicted octanol–water partition coefficient (Wildman–Crippen LogP) is 4.09. The van der Waals surface area contributed by atoms with Gasteiger partial charge in [-0.3, -0.25) is 9.10 Å². The number of anilines is 1. The number of carbonyl (C=O) groups excluding carboxylic acids is 1. The largest absolute Gasteiger partial charge is 0.497 e. The number of methoxy groups -OCH3 is 3. The van der Waals surface area contributed by atoms with E-state index in [0.29, 0.717) is 22.8 Å². The molecular weight excluding hydrogens is 468 g/mol. The minimum Gasteiger partial charge on any atom is -0.497 e. The zero-order chi connectivity index (χ0) is 25.6. The van der Waals surface area contributed by atoms with Crippen LogP contribution in [0.4, 0.5) is 5.69 Å². The molecule has 0 heterocycles. The van der Waals surface area contributed by atoms with E-state index in [4.69, 9.17) is 14.2 Å². The molecule has 186 valence electrons. The van der Waals surface area contributed by atoms with Gasteiger partial charge in [0, 0.05) is 5.56 Å². The zero-order valence-corrected chi connectivity index (χ0v) is 21.3. The van der Waals surface area contributed by atoms with E-state index in [-0.39, 0.29) is 10.6 Å². The smallest absolute Gasteiger partial charge is 0.264 e. The summed E-state index contributed by atoms with van der Waals surface area (Å²) in [4.78, 5) is 13.2. The average molecular weight is 499 g/mol. The molecule has 3 aromatic rings. The normalized spacial score (nSPS) is 11.9. The minimum absolute atomic E-state index is 0.0734. The fourth-order valence-corrected chi connectivity index (χ4v) is 5.08. The van der Waals surface area contributed by atoms with Crippen LogP contribution in [0.3, 0.4) is 0 Å². The monoisotopic (exact) mass is 498 g/mol. The number of rotatable bonds is 10. The van der Waals surface area contributed by atoms with Crippen LogP contribution < -0.4 is 23.8 Å². The Morgan fingerprint density at radius 3 is 2.20 bits per heavy atom. The molecule has 3 aromatic carbocycles. The minimum atomic E-state index is -4.07. The third-order valence-electron chi connectivity index (χ3n) is 5.53. The van der Waals surface area contributed by atoms with Crippen molar-refractivity contribution in [3.05, 3.63) is 77.9 Å². The van der Waals surface area contributed by atoms with Gasteiger partial charge in [0.1, 0.15) is 23.8 Å². The van der Waals surface area contributed by atoms with Crippen molar-refractivity contribution in [2.45, 2.75) is 24.8 Å². The number of ether oxygens (including phenoxy) is 3. The molecule has 0 saturated heterocycles. The van der Waals surface area contributed by atoms with Crippen molar-refractivity contribution >= 4 is 21.6 Å². The van der Waals surface area contributed by atoms with Crippen molar-refractivity contribution < 1.29 is 27.4 Å². The van der Waals surface area contributed by atoms with Crippen LogP contribution in [0.15, 0.2) is 71.6 Å². The van der Waals surface area contributed by atoms with Crippen LogP contribution in [0, 0.1) is 6.92 Å². The lowest BCUT2D eigenvalue weighted by atomic mass is 10.1. The average Bonchev–Trinajstić information content (AvgIpc) is 2.86. The number of para-hydroxylation sites is 2. The van der Waals surface area contributed by atoms with Gasteiger partial charge in [0.25, 0.3) is 10.0 Å². The van der Waals surface area contributed by atoms with Crippen molar-refractivity contribution in [3.63, 3.8) is 0 Å². The molecule has 8 nitrogen and oxygen atoms in total. The van der Waals surface area contributed by atoms with Gasteiger partial charge in [-0.05, 0) is 56.3 Å². The van der Waals surface area contributed by atoms with Crippen LogP contribution in [-0.4, -0.2) is 42.2 Å². The highest BCUT2D eigenvalue weighted by atomic mass is 32.2. The van der Waals surface area contributed by atoms with Crippen LogP contribution >= 0.6 is 0 Å². The third-order valence-corrected chi connectivity index (χ3v) is 7.30. The lowest BCUT2D eigenvalue weighted by Gasteiger charge is -2.26. The first-order valence-corrected chi connectivity index (χ1v) is 12.4. The SMILES string of the molecule is COc1ccc(OC)c([C@H](C)NC(=O)CN(c2ccccc2OC)S(=O)(=O)c2ccc(C)cc2)c1. The van der Waals surface area contributed by atoms with Crippen LogP contribution in [0.1, 0.15) is 24.1 Å². The Morgan fingerprint density at radius 2 is 1.57 bits per heavy atom. The Hall–Kier alpha value is -3.72. The van der Waals surface area contributed by atoms with Gasteiger partial charge in [-0.25, -0.2) is 8.42 Å². The van der Waals surface area contributed by atoms with Crippen LogP contribution in [0.2, 0.25) is 0 Å². The molecule has 0 aliphatic rings. The quantitative estimate of drug-likeness (QED) is 0.452. The Balaban J connectivity index is 1.95. The summed E-state index contributed by atoms with van der Waals surface area (Å²) in [6, 6.07) is 17.9. The number of nitrogens with zero attached hydrogens (tertiary/aromatic N) is 1. The molecule has 1 atom stereocenters. The molecule has 1 amide bonds. The van der Waals surface area contributed by atoms with E-state index < -0.39 is 28.5 Å². The Labute approximate surface area is 206 Å². The maximum Gasteiger partial charge on any atom is 0.264 e. The van der Waals surface area contributed by atoms with Crippen LogP contribution in [-0.2, 0) is 14.8 Å². The van der Waals surface area contributed by atoms with Crippen molar-refractivity contribution in [2.24, 2.45) is 0 Å². The Kier molecular flexibility index (Phi) is 8.24. The first-order chi connectivity index (χ1) is 16.7. The van der Waals surface area contributed by atoms with Crippen molar-refractivity contribution in [3.8, 4) is 17.2 Å². The van der Waals surface area contributed by atoms with Gasteiger partial charge in [0.05, 0.1) is 38.0 Å². The van der Waals surface area contributed by atoms with E-state index in [1.54, 1.807) is 68.6 Å². The molecule has 0 aliphatic heterocycles. The first kappa shape index (κ1) is 25.9. The molecule has 0 aliphatic carbocycles. The van der Waals surface area contributed by atoms with Crippen molar-refractivity contribution in [1.82, 2.24) is 5.32 Å². The summed E-state index contributed by atoms with van der Waals surface area (Å²) in [7, 11) is 0.467. The van der Waals surface area contributed by atoms with E-state index >= 15 is 0 Å². The van der Waals surface area contributed by atoms with Crippen LogP contribution in [0.5, 0.6) is 17.2 Å². The molecule has 0 saturated carbocycles. The summed E-state index contributed by atoms with van der Waals surface area (Å²) in [6.45, 7) is 3.21. The standard InChI is InChI=1S/C26H30N2O6S/c1-18-10-13-21(14-11-18)35(30,31)28(23-8-6-7-9-25(23)34-5)17-26(29)27-19(2)22-16-20(32-3)12-15-24(22)33-4/h6-16,19H,17H2,1-5H3,(H,27,29)/t19-/m0/s1. The van der Waals surface area contributed by atoms with Gasteiger partial charge in [-0.2, -0.15) is 0 Å². The number of aryl methyl sites for hydroxylation is 1. The first-order valence-electron chi connectivity index (χ1n) is 10.9. The van der Waals surface area contributed by atoms with Gasteiger partial charge >= 0.3 is 0 Å². The van der Waals surface area contributed by atoms with E-state index in [2.05, 4.69) is 5.32 Å². The van der Waals surface area contributed by atoms with Gasteiger partial charge in [0.2, 0.25) is 5.91 Å². The van der Waals surface area contributed by atoms with Crippen molar-refractivity contribution in [1.29, 1.82) is 0 Å². The fraction of sp³-hybridized carbons (Fsp3) is 0.269. The molecule has 9 heteroatoms. The highest BCUT2D eigenvalue weighted by molar-refractivity contribution is 7.92. The topological polar surface area (TPSA) is 94.2 Å². The van der Waals surface area contributed by atoms with E-state index in [9.17, 15) is 13.2 Å². The highest BCUT2D eigenvalue weighted by Gasteiger charge is 2.30. The molecular formula is C26H30N2O6S. The maximum absolute atomic E-state index is 13.6. The number of hydrogen-bond donors (Lipinski definition) is 1. The lowest BCUT2D eigenvalue weighted by molar-refractivity contribution is -0.120. The summed E-state index contributed by atoms with van der Waals surface area (Å²) in [6.07, 6.45) is 0. The Morgan fingerprint density at radius 1 is 0.914 bits per heavy atom. The number of benzene rings is 3. The summed E-state index contributed by atoms with van der Waals surface area (Å²) < 4.78 is 44.4. The van der Waals surface area contributed by atoms with Gasteiger partial charge < -0.3 is 19.5 Å². The molecule has 1 N–H and O–H groups in total. The summed E-state index contributed by atoms with van der Waals surface area (Å²) >= 11 is 0. The van der Waals surface area contributed by atoms with Gasteiger partial charge in [0.15, 0.2) is 0 Å². The molecule has 0 fully saturated rings. The maximum atomic E-state index is 13.6. The number of sulfonamides is 1. The molecule has 35 heavy (non-hydrogen) atoms. The predicted molar refractivity (Wildman–Crippen MR) is 135 cm³/mol. The molecule has 0 aromatic heterocycles. The number of nitrogens with one attached hydrogen (secondary N) is 1. The number of hydrogen-bond acceptors (Lipinski definition) is 6. The van der Waals surface area contributed by atoms with Gasteiger partial charge in [-0.15, -0.1) is 0 Å². The molecule has 0 unspecified atom stereocenters. The second-order valence-corrected chi connectivity index (χ2v) is 9.76. The third kappa shape index (κ3) is 5.86. The fourth-order valence-electron chi connectivity index (χ4n) is 3.65. The summed E-state index contributed by atoms with van der Waals surface area (Å²) in [5, 5.41) is 2.87. The highest BCUT2D eigenvalue weighted by Crippen LogP contribution is 2.33. The Bertz CT molecular complexity index is 1280. The second-order valence-electron chi connectivity index (χ2n) is 7.89. The molecule has 3 rings (SSSR count). The molecule has 0 spiro atoms. The summed E-state index contributed by atoms with van der Waals surface area (Å²) in [5.41, 5.74) is 1.88. The van der Waals surface area contributed by atoms with E-state index in [0.717, 1.165) is 9.87 Å². The number of amides is 1. The second kappa shape index (κ2) is 11.1. The zero-order valence-electron chi connectivity index (χ0n) is 20.4. The molecule has 0 bridgehead atoms. The van der Waals surface area contributed by atoms with E-state index in [1.165, 1.54) is 26.4 Å². The molecule has 0 radical (unpaired) electrons. The van der Waals surface area contributed by atoms with Crippen molar-refractivity contribution in [2.75, 3.05) is 32.2 Å². The number of carbonyl (C=O) groups is 1. The lowest BCUT2D eigenvalue weighted by Crippen LogP contribution is -2.41.